The summed E-state index contributed by atoms with van der Waals surface area (Å²) in [6, 6.07) is 14.4. The first kappa shape index (κ1) is 15.3. The summed E-state index contributed by atoms with van der Waals surface area (Å²) in [5.74, 6) is 3.17. The Balaban J connectivity index is 2.27. The third-order valence-corrected chi connectivity index (χ3v) is 4.50. The van der Waals surface area contributed by atoms with Crippen LogP contribution in [0.2, 0.25) is 0 Å². The van der Waals surface area contributed by atoms with Gasteiger partial charge in [-0.3, -0.25) is 0 Å². The Morgan fingerprint density at radius 1 is 0.905 bits per heavy atom. The van der Waals surface area contributed by atoms with Gasteiger partial charge in [0.2, 0.25) is 9.84 Å². The molecule has 2 aromatic carbocycles. The number of rotatable bonds is 2. The largest absolute Gasteiger partial charge is 0.245 e. The molecule has 0 bridgehead atoms. The second-order valence-electron chi connectivity index (χ2n) is 5.32. The Labute approximate surface area is 126 Å². The van der Waals surface area contributed by atoms with E-state index in [2.05, 4.69) is 25.0 Å². The fraction of sp³-hybridized carbons (Fsp3) is 0.222. The van der Waals surface area contributed by atoms with Gasteiger partial charge in [0, 0.05) is 10.8 Å². The standard InChI is InChI=1S/C18H18O2S/c1-14(2)17-8-6-16(7-9-17)12-13-21(19,20)18-10-4-15(3)5-11-18/h4-11,14H,1-3H3. The van der Waals surface area contributed by atoms with E-state index in [9.17, 15) is 8.42 Å². The van der Waals surface area contributed by atoms with Crippen LogP contribution in [0.5, 0.6) is 0 Å². The van der Waals surface area contributed by atoms with Crippen LogP contribution in [0, 0.1) is 18.1 Å². The van der Waals surface area contributed by atoms with Crippen LogP contribution in [0.25, 0.3) is 0 Å². The van der Waals surface area contributed by atoms with E-state index >= 15 is 0 Å². The summed E-state index contributed by atoms with van der Waals surface area (Å²) in [6.45, 7) is 6.14. The molecule has 0 heterocycles. The summed E-state index contributed by atoms with van der Waals surface area (Å²) < 4.78 is 24.2. The van der Waals surface area contributed by atoms with Crippen LogP contribution in [0.15, 0.2) is 53.4 Å². The molecule has 108 valence electrons. The van der Waals surface area contributed by atoms with E-state index in [1.165, 1.54) is 5.56 Å². The minimum Gasteiger partial charge on any atom is -0.210 e. The van der Waals surface area contributed by atoms with Gasteiger partial charge in [-0.15, -0.1) is 0 Å². The monoisotopic (exact) mass is 298 g/mol. The van der Waals surface area contributed by atoms with Gasteiger partial charge >= 0.3 is 0 Å². The molecule has 2 aromatic rings. The Bertz CT molecular complexity index is 772. The first-order valence-corrected chi connectivity index (χ1v) is 8.31. The normalized spacial score (nSPS) is 11.0. The van der Waals surface area contributed by atoms with Crippen LogP contribution in [-0.4, -0.2) is 8.42 Å². The molecule has 21 heavy (non-hydrogen) atoms. The summed E-state index contributed by atoms with van der Waals surface area (Å²) in [6.07, 6.45) is 0. The summed E-state index contributed by atoms with van der Waals surface area (Å²) in [5.41, 5.74) is 2.93. The van der Waals surface area contributed by atoms with Gasteiger partial charge in [0.15, 0.2) is 0 Å². The molecular weight excluding hydrogens is 280 g/mol. The predicted octanol–water partition coefficient (Wildman–Crippen LogP) is 3.90. The molecule has 0 saturated carbocycles. The van der Waals surface area contributed by atoms with Crippen molar-refractivity contribution in [3.8, 4) is 11.2 Å². The van der Waals surface area contributed by atoms with E-state index in [-0.39, 0.29) is 4.90 Å². The molecule has 0 radical (unpaired) electrons. The van der Waals surface area contributed by atoms with Gasteiger partial charge < -0.3 is 0 Å². The van der Waals surface area contributed by atoms with E-state index in [4.69, 9.17) is 0 Å². The van der Waals surface area contributed by atoms with Crippen LogP contribution < -0.4 is 0 Å². The first-order chi connectivity index (χ1) is 9.88. The van der Waals surface area contributed by atoms with Crippen LogP contribution >= 0.6 is 0 Å². The predicted molar refractivity (Wildman–Crippen MR) is 85.8 cm³/mol. The molecule has 0 aromatic heterocycles. The maximum Gasteiger partial charge on any atom is 0.245 e. The van der Waals surface area contributed by atoms with Crippen molar-refractivity contribution in [3.63, 3.8) is 0 Å². The van der Waals surface area contributed by atoms with Gasteiger partial charge in [0.1, 0.15) is 0 Å². The number of hydrogen-bond donors (Lipinski definition) is 0. The summed E-state index contributed by atoms with van der Waals surface area (Å²) in [5, 5.41) is 2.38. The molecule has 2 nitrogen and oxygen atoms in total. The Hall–Kier alpha value is -2.05. The Kier molecular flexibility index (Phi) is 4.50. The molecule has 0 unspecified atom stereocenters. The summed E-state index contributed by atoms with van der Waals surface area (Å²) >= 11 is 0. The lowest BCUT2D eigenvalue weighted by Gasteiger charge is -2.03. The second kappa shape index (κ2) is 6.15. The van der Waals surface area contributed by atoms with Gasteiger partial charge in [0.25, 0.3) is 0 Å². The van der Waals surface area contributed by atoms with Gasteiger partial charge in [-0.25, -0.2) is 8.42 Å². The molecule has 0 aliphatic carbocycles. The molecule has 0 aliphatic rings. The molecule has 0 amide bonds. The van der Waals surface area contributed by atoms with Crippen LogP contribution in [0.3, 0.4) is 0 Å². The quantitative estimate of drug-likeness (QED) is 0.788. The fourth-order valence-corrected chi connectivity index (χ4v) is 2.72. The Morgan fingerprint density at radius 3 is 2.00 bits per heavy atom. The highest BCUT2D eigenvalue weighted by molar-refractivity contribution is 7.96. The molecule has 0 saturated heterocycles. The molecule has 2 rings (SSSR count). The molecule has 0 atom stereocenters. The van der Waals surface area contributed by atoms with E-state index in [1.807, 2.05) is 31.2 Å². The first-order valence-electron chi connectivity index (χ1n) is 6.83. The highest BCUT2D eigenvalue weighted by Gasteiger charge is 2.09. The van der Waals surface area contributed by atoms with Crippen molar-refractivity contribution in [2.45, 2.75) is 31.6 Å². The lowest BCUT2D eigenvalue weighted by Crippen LogP contribution is -1.96. The van der Waals surface area contributed by atoms with E-state index in [0.29, 0.717) is 11.5 Å². The third kappa shape index (κ3) is 3.96. The molecule has 0 aliphatic heterocycles. The number of hydrogen-bond acceptors (Lipinski definition) is 2. The molecule has 3 heteroatoms. The molecule has 0 N–H and O–H groups in total. The Morgan fingerprint density at radius 2 is 1.48 bits per heavy atom. The average Bonchev–Trinajstić information content (AvgIpc) is 2.46. The van der Waals surface area contributed by atoms with Crippen molar-refractivity contribution in [2.24, 2.45) is 0 Å². The lowest BCUT2D eigenvalue weighted by atomic mass is 10.0. The smallest absolute Gasteiger partial charge is 0.210 e. The van der Waals surface area contributed by atoms with Gasteiger partial charge in [-0.1, -0.05) is 43.7 Å². The number of sulfone groups is 1. The van der Waals surface area contributed by atoms with Crippen LogP contribution in [0.1, 0.15) is 36.5 Å². The van der Waals surface area contributed by atoms with Crippen molar-refractivity contribution < 1.29 is 8.42 Å². The minimum atomic E-state index is -3.56. The zero-order valence-corrected chi connectivity index (χ0v) is 13.2. The zero-order chi connectivity index (χ0) is 15.5. The third-order valence-electron chi connectivity index (χ3n) is 3.24. The van der Waals surface area contributed by atoms with E-state index < -0.39 is 9.84 Å². The summed E-state index contributed by atoms with van der Waals surface area (Å²) in [7, 11) is -3.56. The van der Waals surface area contributed by atoms with E-state index in [0.717, 1.165) is 5.56 Å². The molecular formula is C18H18O2S. The van der Waals surface area contributed by atoms with Gasteiger partial charge in [-0.2, -0.15) is 0 Å². The van der Waals surface area contributed by atoms with Crippen LogP contribution in [0.4, 0.5) is 0 Å². The fourth-order valence-electron chi connectivity index (χ4n) is 1.85. The summed E-state index contributed by atoms with van der Waals surface area (Å²) in [4.78, 5) is 0.236. The topological polar surface area (TPSA) is 34.1 Å². The average molecular weight is 298 g/mol. The second-order valence-corrected chi connectivity index (χ2v) is 7.00. The minimum absolute atomic E-state index is 0.236. The SMILES string of the molecule is Cc1ccc(S(=O)(=O)C#Cc2ccc(C(C)C)cc2)cc1. The number of benzene rings is 2. The zero-order valence-electron chi connectivity index (χ0n) is 12.4. The molecule has 0 spiro atoms. The molecule has 0 fully saturated rings. The maximum atomic E-state index is 12.1. The highest BCUT2D eigenvalue weighted by Crippen LogP contribution is 2.15. The van der Waals surface area contributed by atoms with Crippen molar-refractivity contribution >= 4 is 9.84 Å². The van der Waals surface area contributed by atoms with Crippen molar-refractivity contribution in [1.82, 2.24) is 0 Å². The highest BCUT2D eigenvalue weighted by atomic mass is 32.2. The van der Waals surface area contributed by atoms with Crippen LogP contribution in [-0.2, 0) is 9.84 Å². The van der Waals surface area contributed by atoms with Gasteiger partial charge in [-0.05, 0) is 48.6 Å². The maximum absolute atomic E-state index is 12.1. The van der Waals surface area contributed by atoms with Gasteiger partial charge in [0.05, 0.1) is 4.90 Å². The van der Waals surface area contributed by atoms with Crippen molar-refractivity contribution in [3.05, 3.63) is 65.2 Å². The number of aryl methyl sites for hydroxylation is 1. The van der Waals surface area contributed by atoms with E-state index in [1.54, 1.807) is 24.3 Å². The van der Waals surface area contributed by atoms with Crippen molar-refractivity contribution in [2.75, 3.05) is 0 Å². The van der Waals surface area contributed by atoms with Crippen molar-refractivity contribution in [1.29, 1.82) is 0 Å². The lowest BCUT2D eigenvalue weighted by molar-refractivity contribution is 0.606.